The van der Waals surface area contributed by atoms with E-state index in [1.165, 1.54) is 25.7 Å². The number of likely N-dealkylation sites (N-methyl/N-ethyl adjacent to an activating group) is 1. The number of nitrogens with one attached hydrogen (secondary N) is 2. The summed E-state index contributed by atoms with van der Waals surface area (Å²) >= 11 is 0. The summed E-state index contributed by atoms with van der Waals surface area (Å²) in [6, 6.07) is 0. The number of nitrogens with zero attached hydrogens (tertiary/aromatic N) is 2. The topological polar surface area (TPSA) is 58.1 Å². The van der Waals surface area contributed by atoms with E-state index in [4.69, 9.17) is 14.5 Å². The predicted octanol–water partition coefficient (Wildman–Crippen LogP) is 2.48. The minimum atomic E-state index is 0. The largest absolute Gasteiger partial charge is 0.382 e. The number of hydrogen-bond donors (Lipinski definition) is 2. The molecule has 1 saturated heterocycles. The van der Waals surface area contributed by atoms with Crippen LogP contribution in [0.5, 0.6) is 0 Å². The van der Waals surface area contributed by atoms with Gasteiger partial charge in [-0.05, 0) is 45.6 Å². The highest BCUT2D eigenvalue weighted by atomic mass is 127. The van der Waals surface area contributed by atoms with Crippen molar-refractivity contribution in [3.63, 3.8) is 0 Å². The van der Waals surface area contributed by atoms with E-state index in [2.05, 4.69) is 36.4 Å². The lowest BCUT2D eigenvalue weighted by molar-refractivity contribution is -0.0161. The Hall–Kier alpha value is -0.120. The molecule has 1 heterocycles. The highest BCUT2D eigenvalue weighted by molar-refractivity contribution is 14.0. The minimum Gasteiger partial charge on any atom is -0.382 e. The molecule has 1 aliphatic heterocycles. The lowest BCUT2D eigenvalue weighted by Gasteiger charge is -2.31. The Balaban J connectivity index is 0.00000338. The molecular weight excluding hydrogens is 443 g/mol. The second-order valence-electron chi connectivity index (χ2n) is 7.49. The number of rotatable bonds is 9. The molecule has 154 valence electrons. The zero-order valence-electron chi connectivity index (χ0n) is 16.9. The van der Waals surface area contributed by atoms with E-state index >= 15 is 0 Å². The average Bonchev–Trinajstić information content (AvgIpc) is 3.07. The fourth-order valence-corrected chi connectivity index (χ4v) is 3.83. The highest BCUT2D eigenvalue weighted by Gasteiger charge is 2.33. The summed E-state index contributed by atoms with van der Waals surface area (Å²) in [6.45, 7) is 11.2. The molecule has 0 amide bonds. The third-order valence-corrected chi connectivity index (χ3v) is 5.40. The maximum atomic E-state index is 5.84. The van der Waals surface area contributed by atoms with Gasteiger partial charge in [0.15, 0.2) is 5.96 Å². The Morgan fingerprint density at radius 1 is 1.27 bits per heavy atom. The smallest absolute Gasteiger partial charge is 0.191 e. The van der Waals surface area contributed by atoms with Crippen molar-refractivity contribution in [3.05, 3.63) is 0 Å². The minimum absolute atomic E-state index is 0. The first-order valence-corrected chi connectivity index (χ1v) is 10.1. The normalized spacial score (nSPS) is 23.5. The fourth-order valence-electron chi connectivity index (χ4n) is 3.83. The summed E-state index contributed by atoms with van der Waals surface area (Å²) in [5.41, 5.74) is 0.332. The predicted molar refractivity (Wildman–Crippen MR) is 119 cm³/mol. The van der Waals surface area contributed by atoms with Crippen LogP contribution in [0.25, 0.3) is 0 Å². The van der Waals surface area contributed by atoms with Crippen molar-refractivity contribution in [1.82, 2.24) is 15.5 Å². The van der Waals surface area contributed by atoms with Crippen LogP contribution >= 0.6 is 24.0 Å². The molecule has 2 aliphatic rings. The van der Waals surface area contributed by atoms with Crippen LogP contribution in [-0.2, 0) is 9.47 Å². The van der Waals surface area contributed by atoms with Gasteiger partial charge >= 0.3 is 0 Å². The Labute approximate surface area is 176 Å². The lowest BCUT2D eigenvalue weighted by atomic mass is 9.83. The van der Waals surface area contributed by atoms with Gasteiger partial charge in [-0.25, -0.2) is 0 Å². The van der Waals surface area contributed by atoms with Crippen molar-refractivity contribution in [1.29, 1.82) is 0 Å². The van der Waals surface area contributed by atoms with Gasteiger partial charge in [0.1, 0.15) is 0 Å². The molecule has 0 aromatic heterocycles. The van der Waals surface area contributed by atoms with E-state index in [0.717, 1.165) is 64.9 Å². The summed E-state index contributed by atoms with van der Waals surface area (Å²) in [7, 11) is 2.15. The molecule has 0 radical (unpaired) electrons. The summed E-state index contributed by atoms with van der Waals surface area (Å²) in [6.07, 6.45) is 6.57. The van der Waals surface area contributed by atoms with Crippen molar-refractivity contribution in [2.75, 3.05) is 59.6 Å². The Morgan fingerprint density at radius 2 is 2.04 bits per heavy atom. The molecule has 0 aromatic carbocycles. The molecule has 1 aliphatic carbocycles. The first-order valence-electron chi connectivity index (χ1n) is 10.1. The van der Waals surface area contributed by atoms with Gasteiger partial charge in [0.25, 0.3) is 0 Å². The third-order valence-electron chi connectivity index (χ3n) is 5.40. The number of halogens is 1. The zero-order chi connectivity index (χ0) is 18.0. The number of guanidine groups is 1. The maximum Gasteiger partial charge on any atom is 0.191 e. The van der Waals surface area contributed by atoms with Gasteiger partial charge in [-0.3, -0.25) is 4.99 Å². The van der Waals surface area contributed by atoms with Gasteiger partial charge in [0.05, 0.1) is 12.7 Å². The van der Waals surface area contributed by atoms with Gasteiger partial charge < -0.3 is 25.0 Å². The summed E-state index contributed by atoms with van der Waals surface area (Å²) in [5, 5.41) is 6.86. The molecule has 2 fully saturated rings. The van der Waals surface area contributed by atoms with Crippen LogP contribution in [0, 0.1) is 5.41 Å². The first kappa shape index (κ1) is 23.9. The highest BCUT2D eigenvalue weighted by Crippen LogP contribution is 2.41. The second-order valence-corrected chi connectivity index (χ2v) is 7.49. The number of aliphatic imine (C=N–C) groups is 1. The second kappa shape index (κ2) is 13.1. The van der Waals surface area contributed by atoms with Crippen molar-refractivity contribution in [3.8, 4) is 0 Å². The Morgan fingerprint density at radius 3 is 2.69 bits per heavy atom. The number of hydrogen-bond acceptors (Lipinski definition) is 4. The molecular formula is C19H39IN4O2. The van der Waals surface area contributed by atoms with Crippen molar-refractivity contribution in [2.45, 2.75) is 52.1 Å². The lowest BCUT2D eigenvalue weighted by Crippen LogP contribution is -2.48. The van der Waals surface area contributed by atoms with Crippen LogP contribution in [0.1, 0.15) is 46.0 Å². The van der Waals surface area contributed by atoms with Gasteiger partial charge in [-0.2, -0.15) is 0 Å². The van der Waals surface area contributed by atoms with Crippen LogP contribution in [0.15, 0.2) is 4.99 Å². The fraction of sp³-hybridized carbons (Fsp3) is 0.947. The molecule has 2 N–H and O–H groups in total. The quantitative estimate of drug-likeness (QED) is 0.229. The van der Waals surface area contributed by atoms with Crippen molar-refractivity contribution in [2.24, 2.45) is 10.4 Å². The molecule has 6 nitrogen and oxygen atoms in total. The number of morpholine rings is 1. The van der Waals surface area contributed by atoms with Crippen LogP contribution < -0.4 is 10.6 Å². The molecule has 2 rings (SSSR count). The first-order chi connectivity index (χ1) is 12.2. The standard InChI is InChI=1S/C19H38N4O2.HI/c1-4-20-18(21-14-17-15-23(3)11-13-25-17)22-16-19(8-6-7-9-19)10-12-24-5-2;/h17H,4-16H2,1-3H3,(H2,20,21,22);1H. The summed E-state index contributed by atoms with van der Waals surface area (Å²) < 4.78 is 11.4. The Bertz CT molecular complexity index is 403. The molecule has 0 bridgehead atoms. The van der Waals surface area contributed by atoms with Crippen LogP contribution in [0.2, 0.25) is 0 Å². The van der Waals surface area contributed by atoms with Gasteiger partial charge in [-0.15, -0.1) is 24.0 Å². The van der Waals surface area contributed by atoms with E-state index in [1.54, 1.807) is 0 Å². The van der Waals surface area contributed by atoms with E-state index in [9.17, 15) is 0 Å². The SMILES string of the molecule is CCNC(=NCC1(CCOCC)CCCC1)NCC1CN(C)CCO1.I. The maximum absolute atomic E-state index is 5.84. The van der Waals surface area contributed by atoms with Gasteiger partial charge in [0.2, 0.25) is 0 Å². The van der Waals surface area contributed by atoms with Gasteiger partial charge in [0, 0.05) is 45.9 Å². The summed E-state index contributed by atoms with van der Waals surface area (Å²) in [5.74, 6) is 0.919. The van der Waals surface area contributed by atoms with Crippen LogP contribution in [0.3, 0.4) is 0 Å². The van der Waals surface area contributed by atoms with E-state index in [-0.39, 0.29) is 30.1 Å². The van der Waals surface area contributed by atoms with Crippen LogP contribution in [-0.4, -0.2) is 76.6 Å². The molecule has 0 spiro atoms. The molecule has 1 saturated carbocycles. The molecule has 0 aromatic rings. The number of ether oxygens (including phenoxy) is 2. The molecule has 7 heteroatoms. The van der Waals surface area contributed by atoms with Gasteiger partial charge in [-0.1, -0.05) is 12.8 Å². The van der Waals surface area contributed by atoms with E-state index < -0.39 is 0 Å². The Kier molecular flexibility index (Phi) is 12.1. The van der Waals surface area contributed by atoms with Crippen molar-refractivity contribution < 1.29 is 9.47 Å². The zero-order valence-corrected chi connectivity index (χ0v) is 19.2. The van der Waals surface area contributed by atoms with Crippen molar-refractivity contribution >= 4 is 29.9 Å². The van der Waals surface area contributed by atoms with Crippen LogP contribution in [0.4, 0.5) is 0 Å². The molecule has 1 atom stereocenters. The van der Waals surface area contributed by atoms with E-state index in [0.29, 0.717) is 5.41 Å². The monoisotopic (exact) mass is 482 g/mol. The third kappa shape index (κ3) is 8.27. The summed E-state index contributed by atoms with van der Waals surface area (Å²) in [4.78, 5) is 7.24. The molecule has 26 heavy (non-hydrogen) atoms. The van der Waals surface area contributed by atoms with E-state index in [1.807, 2.05) is 0 Å². The molecule has 1 unspecified atom stereocenters. The average molecular weight is 482 g/mol.